The van der Waals surface area contributed by atoms with Crippen LogP contribution < -0.4 is 10.1 Å². The van der Waals surface area contributed by atoms with Gasteiger partial charge in [0.2, 0.25) is 0 Å². The first-order valence-electron chi connectivity index (χ1n) is 6.90. The van der Waals surface area contributed by atoms with Gasteiger partial charge in [0, 0.05) is 16.6 Å². The third-order valence-corrected chi connectivity index (χ3v) is 3.78. The van der Waals surface area contributed by atoms with Gasteiger partial charge in [-0.15, -0.1) is 0 Å². The summed E-state index contributed by atoms with van der Waals surface area (Å²) in [5, 5.41) is 12.6. The number of hydrogen-bond acceptors (Lipinski definition) is 3. The van der Waals surface area contributed by atoms with E-state index >= 15 is 0 Å². The predicted octanol–water partition coefficient (Wildman–Crippen LogP) is 3.31. The molecule has 0 spiro atoms. The second-order valence-corrected chi connectivity index (χ2v) is 5.45. The van der Waals surface area contributed by atoms with Crippen LogP contribution in [0.15, 0.2) is 23.8 Å². The van der Waals surface area contributed by atoms with E-state index < -0.39 is 0 Å². The van der Waals surface area contributed by atoms with Crippen molar-refractivity contribution in [1.29, 1.82) is 5.26 Å². The highest BCUT2D eigenvalue weighted by atomic mass is 35.5. The summed E-state index contributed by atoms with van der Waals surface area (Å²) < 4.78 is 5.21. The van der Waals surface area contributed by atoms with Crippen LogP contribution in [0.1, 0.15) is 31.2 Å². The topological polar surface area (TPSA) is 62.1 Å². The summed E-state index contributed by atoms with van der Waals surface area (Å²) in [6, 6.07) is 7.19. The molecule has 0 aliphatic heterocycles. The molecule has 21 heavy (non-hydrogen) atoms. The fraction of sp³-hybridized carbons (Fsp3) is 0.375. The van der Waals surface area contributed by atoms with Crippen molar-refractivity contribution in [2.75, 3.05) is 7.11 Å². The van der Waals surface area contributed by atoms with E-state index in [-0.39, 0.29) is 17.5 Å². The molecular formula is C16H17ClN2O2. The Bertz CT molecular complexity index is 599. The molecule has 0 heterocycles. The van der Waals surface area contributed by atoms with Crippen molar-refractivity contribution in [3.8, 4) is 11.8 Å². The maximum absolute atomic E-state index is 12.1. The summed E-state index contributed by atoms with van der Waals surface area (Å²) in [5.41, 5.74) is 0.672. The molecule has 1 aliphatic rings. The lowest BCUT2D eigenvalue weighted by Crippen LogP contribution is -2.33. The molecule has 1 aliphatic carbocycles. The second-order valence-electron chi connectivity index (χ2n) is 5.01. The largest absolute Gasteiger partial charge is 0.496 e. The highest BCUT2D eigenvalue weighted by Crippen LogP contribution is 2.25. The number of halogens is 1. The monoisotopic (exact) mass is 304 g/mol. The number of methoxy groups -OCH3 is 1. The molecule has 1 amide bonds. The van der Waals surface area contributed by atoms with Gasteiger partial charge in [-0.3, -0.25) is 4.79 Å². The fourth-order valence-corrected chi connectivity index (χ4v) is 2.64. The van der Waals surface area contributed by atoms with E-state index in [9.17, 15) is 10.1 Å². The van der Waals surface area contributed by atoms with Crippen molar-refractivity contribution in [3.63, 3.8) is 0 Å². The number of rotatable bonds is 4. The molecule has 1 fully saturated rings. The maximum Gasteiger partial charge on any atom is 0.262 e. The summed E-state index contributed by atoms with van der Waals surface area (Å²) >= 11 is 5.95. The minimum atomic E-state index is -0.341. The van der Waals surface area contributed by atoms with E-state index in [4.69, 9.17) is 16.3 Å². The van der Waals surface area contributed by atoms with Crippen molar-refractivity contribution >= 4 is 23.6 Å². The highest BCUT2D eigenvalue weighted by Gasteiger charge is 2.19. The minimum absolute atomic E-state index is 0.0578. The Kier molecular flexibility index (Phi) is 5.24. The van der Waals surface area contributed by atoms with Crippen molar-refractivity contribution in [1.82, 2.24) is 5.32 Å². The summed E-state index contributed by atoms with van der Waals surface area (Å²) in [5.74, 6) is 0.229. The zero-order chi connectivity index (χ0) is 15.2. The molecule has 5 heteroatoms. The Morgan fingerprint density at radius 1 is 1.48 bits per heavy atom. The molecule has 1 saturated carbocycles. The number of hydrogen-bond donors (Lipinski definition) is 1. The first kappa shape index (κ1) is 15.4. The van der Waals surface area contributed by atoms with Gasteiger partial charge in [-0.1, -0.05) is 24.4 Å². The van der Waals surface area contributed by atoms with Gasteiger partial charge in [-0.25, -0.2) is 0 Å². The van der Waals surface area contributed by atoms with E-state index in [2.05, 4.69) is 5.32 Å². The predicted molar refractivity (Wildman–Crippen MR) is 82.0 cm³/mol. The fourth-order valence-electron chi connectivity index (χ4n) is 2.46. The second kappa shape index (κ2) is 7.14. The molecular weight excluding hydrogens is 288 g/mol. The van der Waals surface area contributed by atoms with E-state index in [1.807, 2.05) is 6.07 Å². The number of carbonyl (C=O) groups excluding carboxylic acids is 1. The number of ether oxygens (including phenoxy) is 1. The maximum atomic E-state index is 12.1. The number of carbonyl (C=O) groups is 1. The van der Waals surface area contributed by atoms with Crippen LogP contribution in [-0.4, -0.2) is 19.1 Å². The van der Waals surface area contributed by atoms with Crippen LogP contribution in [0.2, 0.25) is 5.02 Å². The van der Waals surface area contributed by atoms with Gasteiger partial charge < -0.3 is 10.1 Å². The van der Waals surface area contributed by atoms with E-state index in [1.54, 1.807) is 18.2 Å². The van der Waals surface area contributed by atoms with E-state index in [0.717, 1.165) is 25.7 Å². The number of nitriles is 1. The third-order valence-electron chi connectivity index (χ3n) is 3.55. The molecule has 0 bridgehead atoms. The number of benzene rings is 1. The molecule has 0 radical (unpaired) electrons. The van der Waals surface area contributed by atoms with Gasteiger partial charge in [0.25, 0.3) is 5.91 Å². The lowest BCUT2D eigenvalue weighted by atomic mass is 10.1. The van der Waals surface area contributed by atoms with Crippen LogP contribution in [0, 0.1) is 11.3 Å². The molecule has 2 rings (SSSR count). The third kappa shape index (κ3) is 3.99. The van der Waals surface area contributed by atoms with Gasteiger partial charge in [0.05, 0.1) is 7.11 Å². The lowest BCUT2D eigenvalue weighted by molar-refractivity contribution is -0.117. The van der Waals surface area contributed by atoms with Crippen molar-refractivity contribution < 1.29 is 9.53 Å². The van der Waals surface area contributed by atoms with Crippen LogP contribution in [-0.2, 0) is 4.79 Å². The Labute approximate surface area is 129 Å². The summed E-state index contributed by atoms with van der Waals surface area (Å²) in [7, 11) is 1.53. The summed E-state index contributed by atoms with van der Waals surface area (Å²) in [6.07, 6.45) is 5.71. The molecule has 0 unspecified atom stereocenters. The zero-order valence-electron chi connectivity index (χ0n) is 11.9. The van der Waals surface area contributed by atoms with Gasteiger partial charge in [0.1, 0.15) is 17.4 Å². The number of nitrogens with one attached hydrogen (secondary N) is 1. The first-order valence-corrected chi connectivity index (χ1v) is 7.28. The average Bonchev–Trinajstić information content (AvgIpc) is 2.97. The molecule has 0 aromatic heterocycles. The van der Waals surface area contributed by atoms with Crippen LogP contribution in [0.25, 0.3) is 6.08 Å². The van der Waals surface area contributed by atoms with Gasteiger partial charge in [-0.05, 0) is 37.1 Å². The Balaban J connectivity index is 2.21. The van der Waals surface area contributed by atoms with Crippen LogP contribution in [0.5, 0.6) is 5.75 Å². The zero-order valence-corrected chi connectivity index (χ0v) is 12.6. The summed E-state index contributed by atoms with van der Waals surface area (Å²) in [6.45, 7) is 0. The lowest BCUT2D eigenvalue weighted by Gasteiger charge is -2.11. The quantitative estimate of drug-likeness (QED) is 0.685. The minimum Gasteiger partial charge on any atom is -0.496 e. The Morgan fingerprint density at radius 2 is 2.19 bits per heavy atom. The molecule has 0 atom stereocenters. The normalized spacial score (nSPS) is 15.6. The van der Waals surface area contributed by atoms with Gasteiger partial charge in [-0.2, -0.15) is 5.26 Å². The molecule has 1 aromatic rings. The Morgan fingerprint density at radius 3 is 2.81 bits per heavy atom. The molecule has 110 valence electrons. The van der Waals surface area contributed by atoms with Crippen LogP contribution in [0.3, 0.4) is 0 Å². The van der Waals surface area contributed by atoms with Crippen molar-refractivity contribution in [3.05, 3.63) is 34.4 Å². The number of nitrogens with zero attached hydrogens (tertiary/aromatic N) is 1. The van der Waals surface area contributed by atoms with Gasteiger partial charge >= 0.3 is 0 Å². The molecule has 1 aromatic carbocycles. The molecule has 4 nitrogen and oxygen atoms in total. The smallest absolute Gasteiger partial charge is 0.262 e. The SMILES string of the molecule is COc1ccc(Cl)cc1C=C(C#N)C(=O)NC1CCCC1. The van der Waals surface area contributed by atoms with Crippen LogP contribution in [0.4, 0.5) is 0 Å². The van der Waals surface area contributed by atoms with E-state index in [0.29, 0.717) is 16.3 Å². The van der Waals surface area contributed by atoms with Crippen molar-refractivity contribution in [2.45, 2.75) is 31.7 Å². The summed E-state index contributed by atoms with van der Waals surface area (Å²) in [4.78, 5) is 12.1. The van der Waals surface area contributed by atoms with Gasteiger partial charge in [0.15, 0.2) is 0 Å². The molecule has 0 saturated heterocycles. The first-order chi connectivity index (χ1) is 10.1. The van der Waals surface area contributed by atoms with Crippen molar-refractivity contribution in [2.24, 2.45) is 0 Å². The Hall–Kier alpha value is -1.99. The van der Waals surface area contributed by atoms with Crippen LogP contribution >= 0.6 is 11.6 Å². The number of amides is 1. The molecule has 1 N–H and O–H groups in total. The standard InChI is InChI=1S/C16H17ClN2O2/c1-21-15-7-6-13(17)9-11(15)8-12(10-18)16(20)19-14-4-2-3-5-14/h6-9,14H,2-5H2,1H3,(H,19,20). The average molecular weight is 305 g/mol. The van der Waals surface area contributed by atoms with E-state index in [1.165, 1.54) is 13.2 Å². The highest BCUT2D eigenvalue weighted by molar-refractivity contribution is 6.30.